The number of rotatable bonds is 3. The van der Waals surface area contributed by atoms with Crippen LogP contribution in [0.3, 0.4) is 0 Å². The van der Waals surface area contributed by atoms with Crippen molar-refractivity contribution in [2.45, 2.75) is 62.6 Å². The molecule has 3 nitrogen and oxygen atoms in total. The Morgan fingerprint density at radius 1 is 1.31 bits per heavy atom. The Morgan fingerprint density at radius 3 is 2.62 bits per heavy atom. The lowest BCUT2D eigenvalue weighted by Crippen LogP contribution is -2.25. The van der Waals surface area contributed by atoms with E-state index >= 15 is 0 Å². The first-order chi connectivity index (χ1) is 7.65. The second-order valence-electron chi connectivity index (χ2n) is 4.94. The van der Waals surface area contributed by atoms with Crippen molar-refractivity contribution in [2.24, 2.45) is 0 Å². The first kappa shape index (κ1) is 12.1. The third-order valence-electron chi connectivity index (χ3n) is 3.54. The minimum absolute atomic E-state index is 0.115. The number of hydrogen-bond acceptors (Lipinski definition) is 3. The summed E-state index contributed by atoms with van der Waals surface area (Å²) in [4.78, 5) is 0.195. The van der Waals surface area contributed by atoms with E-state index in [-0.39, 0.29) is 10.2 Å². The lowest BCUT2D eigenvalue weighted by Gasteiger charge is -2.29. The van der Waals surface area contributed by atoms with Crippen molar-refractivity contribution in [3.05, 3.63) is 11.8 Å². The van der Waals surface area contributed by atoms with Gasteiger partial charge in [-0.25, -0.2) is 0 Å². The van der Waals surface area contributed by atoms with Crippen molar-refractivity contribution < 1.29 is 4.42 Å². The smallest absolute Gasteiger partial charge is 0.230 e. The summed E-state index contributed by atoms with van der Waals surface area (Å²) in [5.74, 6) is 1.56. The molecule has 1 aliphatic rings. The highest BCUT2D eigenvalue weighted by Gasteiger charge is 2.34. The van der Waals surface area contributed by atoms with Crippen LogP contribution in [-0.2, 0) is 5.41 Å². The quantitative estimate of drug-likeness (QED) is 0.784. The molecular formula is C12H19BrN2O. The molecule has 16 heavy (non-hydrogen) atoms. The Bertz CT molecular complexity index is 345. The van der Waals surface area contributed by atoms with Crippen LogP contribution in [-0.4, -0.2) is 10.2 Å². The van der Waals surface area contributed by atoms with Crippen molar-refractivity contribution in [1.29, 1.82) is 0 Å². The number of halogens is 1. The second-order valence-corrected chi connectivity index (χ2v) is 6.05. The summed E-state index contributed by atoms with van der Waals surface area (Å²) in [6.45, 7) is 4.35. The van der Waals surface area contributed by atoms with Gasteiger partial charge in [-0.3, -0.25) is 0 Å². The van der Waals surface area contributed by atoms with E-state index in [4.69, 9.17) is 4.42 Å². The van der Waals surface area contributed by atoms with Gasteiger partial charge in [0.15, 0.2) is 0 Å². The van der Waals surface area contributed by atoms with Crippen LogP contribution in [0.1, 0.15) is 69.0 Å². The highest BCUT2D eigenvalue weighted by molar-refractivity contribution is 9.09. The monoisotopic (exact) mass is 286 g/mol. The molecule has 1 aliphatic carbocycles. The first-order valence-electron chi connectivity index (χ1n) is 6.13. The predicted octanol–water partition coefficient (Wildman–Crippen LogP) is 4.14. The van der Waals surface area contributed by atoms with E-state index in [9.17, 15) is 0 Å². The molecule has 90 valence electrons. The molecule has 1 heterocycles. The molecule has 4 heteroatoms. The van der Waals surface area contributed by atoms with E-state index in [0.717, 1.165) is 18.2 Å². The fraction of sp³-hybridized carbons (Fsp3) is 0.833. The summed E-state index contributed by atoms with van der Waals surface area (Å²) in [5, 5.41) is 8.38. The minimum Gasteiger partial charge on any atom is -0.423 e. The van der Waals surface area contributed by atoms with Gasteiger partial charge >= 0.3 is 0 Å². The number of alkyl halides is 1. The van der Waals surface area contributed by atoms with Crippen LogP contribution in [0.15, 0.2) is 4.42 Å². The van der Waals surface area contributed by atoms with Crippen LogP contribution in [0.25, 0.3) is 0 Å². The lowest BCUT2D eigenvalue weighted by atomic mass is 9.76. The van der Waals surface area contributed by atoms with E-state index in [1.165, 1.54) is 32.1 Å². The summed E-state index contributed by atoms with van der Waals surface area (Å²) >= 11 is 3.54. The average molecular weight is 287 g/mol. The summed E-state index contributed by atoms with van der Waals surface area (Å²) in [7, 11) is 0. The van der Waals surface area contributed by atoms with Gasteiger partial charge < -0.3 is 4.42 Å². The van der Waals surface area contributed by atoms with Crippen molar-refractivity contribution in [3.63, 3.8) is 0 Å². The van der Waals surface area contributed by atoms with Crippen LogP contribution >= 0.6 is 15.9 Å². The van der Waals surface area contributed by atoms with E-state index in [2.05, 4.69) is 40.0 Å². The fourth-order valence-electron chi connectivity index (χ4n) is 2.33. The van der Waals surface area contributed by atoms with Gasteiger partial charge in [0.25, 0.3) is 0 Å². The molecule has 2 rings (SSSR count). The van der Waals surface area contributed by atoms with Gasteiger partial charge in [0, 0.05) is 5.41 Å². The van der Waals surface area contributed by atoms with E-state index < -0.39 is 0 Å². The Balaban J connectivity index is 2.17. The molecule has 1 fully saturated rings. The second kappa shape index (κ2) is 4.86. The third-order valence-corrected chi connectivity index (χ3v) is 4.58. The molecular weight excluding hydrogens is 268 g/mol. The molecule has 1 atom stereocenters. The van der Waals surface area contributed by atoms with Gasteiger partial charge in [-0.2, -0.15) is 0 Å². The van der Waals surface area contributed by atoms with E-state index in [0.29, 0.717) is 0 Å². The van der Waals surface area contributed by atoms with Gasteiger partial charge in [-0.05, 0) is 19.3 Å². The molecule has 0 spiro atoms. The van der Waals surface area contributed by atoms with Crippen LogP contribution in [0, 0.1) is 0 Å². The normalized spacial score (nSPS) is 21.9. The Kier molecular flexibility index (Phi) is 3.67. The average Bonchev–Trinajstić information content (AvgIpc) is 2.79. The van der Waals surface area contributed by atoms with Crippen molar-refractivity contribution >= 4 is 15.9 Å². The SMILES string of the molecule is CCC(Br)c1nnc(C2(C)CCCCC2)o1. The molecule has 0 aliphatic heterocycles. The van der Waals surface area contributed by atoms with Gasteiger partial charge in [-0.1, -0.05) is 49.0 Å². The van der Waals surface area contributed by atoms with E-state index in [1.54, 1.807) is 0 Å². The highest BCUT2D eigenvalue weighted by atomic mass is 79.9. The van der Waals surface area contributed by atoms with Gasteiger partial charge in [-0.15, -0.1) is 10.2 Å². The van der Waals surface area contributed by atoms with Crippen molar-refractivity contribution in [2.75, 3.05) is 0 Å². The zero-order chi connectivity index (χ0) is 11.6. The predicted molar refractivity (Wildman–Crippen MR) is 66.7 cm³/mol. The zero-order valence-corrected chi connectivity index (χ0v) is 11.6. The van der Waals surface area contributed by atoms with Crippen LogP contribution in [0.4, 0.5) is 0 Å². The Hall–Kier alpha value is -0.380. The molecule has 0 amide bonds. The molecule has 1 aromatic heterocycles. The summed E-state index contributed by atoms with van der Waals surface area (Å²) in [5.41, 5.74) is 0.115. The first-order valence-corrected chi connectivity index (χ1v) is 7.05. The summed E-state index contributed by atoms with van der Waals surface area (Å²) in [6, 6.07) is 0. The van der Waals surface area contributed by atoms with Gasteiger partial charge in [0.05, 0.1) is 4.83 Å². The number of nitrogens with zero attached hydrogens (tertiary/aromatic N) is 2. The number of aromatic nitrogens is 2. The maximum Gasteiger partial charge on any atom is 0.230 e. The van der Waals surface area contributed by atoms with E-state index in [1.807, 2.05) is 0 Å². The Morgan fingerprint density at radius 2 is 2.00 bits per heavy atom. The molecule has 1 saturated carbocycles. The Labute approximate surface area is 105 Å². The summed E-state index contributed by atoms with van der Waals surface area (Å²) in [6.07, 6.45) is 7.21. The summed E-state index contributed by atoms with van der Waals surface area (Å²) < 4.78 is 5.81. The molecule has 1 aromatic rings. The topological polar surface area (TPSA) is 38.9 Å². The minimum atomic E-state index is 0.115. The van der Waals surface area contributed by atoms with Crippen LogP contribution < -0.4 is 0 Å². The molecule has 0 saturated heterocycles. The standard InChI is InChI=1S/C12H19BrN2O/c1-3-9(13)10-14-15-11(16-10)12(2)7-5-4-6-8-12/h9H,3-8H2,1-2H3. The molecule has 0 aromatic carbocycles. The van der Waals surface area contributed by atoms with Crippen molar-refractivity contribution in [1.82, 2.24) is 10.2 Å². The molecule has 0 N–H and O–H groups in total. The molecule has 1 unspecified atom stereocenters. The zero-order valence-electron chi connectivity index (χ0n) is 10.0. The van der Waals surface area contributed by atoms with Crippen LogP contribution in [0.5, 0.6) is 0 Å². The fourth-order valence-corrected chi connectivity index (χ4v) is 2.51. The maximum atomic E-state index is 5.81. The van der Waals surface area contributed by atoms with Crippen LogP contribution in [0.2, 0.25) is 0 Å². The van der Waals surface area contributed by atoms with Gasteiger partial charge in [0.1, 0.15) is 0 Å². The van der Waals surface area contributed by atoms with Gasteiger partial charge in [0.2, 0.25) is 11.8 Å². The third kappa shape index (κ3) is 2.31. The highest BCUT2D eigenvalue weighted by Crippen LogP contribution is 2.39. The molecule has 0 radical (unpaired) electrons. The number of hydrogen-bond donors (Lipinski definition) is 0. The largest absolute Gasteiger partial charge is 0.423 e. The lowest BCUT2D eigenvalue weighted by molar-refractivity contribution is 0.251. The molecule has 0 bridgehead atoms. The van der Waals surface area contributed by atoms with Crippen molar-refractivity contribution in [3.8, 4) is 0 Å². The maximum absolute atomic E-state index is 5.81.